The van der Waals surface area contributed by atoms with Crippen LogP contribution in [0.15, 0.2) is 29.0 Å². The van der Waals surface area contributed by atoms with Gasteiger partial charge in [-0.25, -0.2) is 4.39 Å². The smallest absolute Gasteiger partial charge is 0.228 e. The van der Waals surface area contributed by atoms with Crippen molar-refractivity contribution in [3.05, 3.63) is 45.5 Å². The number of nitrogens with zero attached hydrogens (tertiary/aromatic N) is 1. The summed E-state index contributed by atoms with van der Waals surface area (Å²) in [5.74, 6) is -0.202. The van der Waals surface area contributed by atoms with Crippen molar-refractivity contribution < 1.29 is 24.2 Å². The number of carbonyl (C=O) groups is 1. The number of benzene rings is 1. The molecule has 7 heteroatoms. The molecule has 158 valence electrons. The predicted molar refractivity (Wildman–Crippen MR) is 112 cm³/mol. The summed E-state index contributed by atoms with van der Waals surface area (Å²) in [6.07, 6.45) is 10.2. The van der Waals surface area contributed by atoms with Crippen LogP contribution < -0.4 is 4.74 Å². The zero-order valence-corrected chi connectivity index (χ0v) is 17.7. The van der Waals surface area contributed by atoms with Gasteiger partial charge in [0.15, 0.2) is 6.29 Å². The Morgan fingerprint density at radius 1 is 1.45 bits per heavy atom. The predicted octanol–water partition coefficient (Wildman–Crippen LogP) is 5.93. The van der Waals surface area contributed by atoms with Crippen LogP contribution in [0.2, 0.25) is 5.02 Å². The summed E-state index contributed by atoms with van der Waals surface area (Å²) in [5, 5.41) is 23.0. The van der Waals surface area contributed by atoms with Gasteiger partial charge in [0.25, 0.3) is 0 Å². The SMILES string of the molecule is CC(/C=C/[C@@]1(C)CCC/C(=N\O)C1)=C\Cc1c(O)c(C=O)c(C)c(Cl)c1OCF. The van der Waals surface area contributed by atoms with Crippen molar-refractivity contribution in [2.75, 3.05) is 6.86 Å². The third-order valence-electron chi connectivity index (χ3n) is 5.40. The van der Waals surface area contributed by atoms with Crippen LogP contribution in [0.5, 0.6) is 11.5 Å². The molecule has 1 aromatic rings. The van der Waals surface area contributed by atoms with Crippen molar-refractivity contribution in [1.29, 1.82) is 0 Å². The van der Waals surface area contributed by atoms with Crippen LogP contribution in [-0.4, -0.2) is 29.2 Å². The number of aromatic hydroxyl groups is 1. The molecule has 1 fully saturated rings. The number of phenols is 1. The van der Waals surface area contributed by atoms with Crippen LogP contribution in [0.4, 0.5) is 4.39 Å². The molecule has 0 aliphatic heterocycles. The fourth-order valence-corrected chi connectivity index (χ4v) is 3.91. The van der Waals surface area contributed by atoms with E-state index in [1.54, 1.807) is 6.92 Å². The van der Waals surface area contributed by atoms with E-state index in [9.17, 15) is 14.3 Å². The maximum atomic E-state index is 12.8. The molecular formula is C22H27ClFNO4. The summed E-state index contributed by atoms with van der Waals surface area (Å²) < 4.78 is 17.8. The lowest BCUT2D eigenvalue weighted by molar-refractivity contribution is 0.112. The van der Waals surface area contributed by atoms with E-state index in [0.717, 1.165) is 30.5 Å². The third kappa shape index (κ3) is 5.38. The molecule has 1 aliphatic carbocycles. The number of carbonyl (C=O) groups excluding carboxylic acids is 1. The van der Waals surface area contributed by atoms with Gasteiger partial charge in [-0.1, -0.05) is 47.5 Å². The normalized spacial score (nSPS) is 21.7. The Morgan fingerprint density at radius 3 is 2.79 bits per heavy atom. The van der Waals surface area contributed by atoms with Crippen LogP contribution >= 0.6 is 11.6 Å². The summed E-state index contributed by atoms with van der Waals surface area (Å²) in [4.78, 5) is 11.3. The van der Waals surface area contributed by atoms with Crippen molar-refractivity contribution in [3.63, 3.8) is 0 Å². The number of oxime groups is 1. The van der Waals surface area contributed by atoms with Gasteiger partial charge in [-0.3, -0.25) is 4.79 Å². The summed E-state index contributed by atoms with van der Waals surface area (Å²) >= 11 is 6.23. The summed E-state index contributed by atoms with van der Waals surface area (Å²) in [7, 11) is 0. The fourth-order valence-electron chi connectivity index (χ4n) is 3.64. The highest BCUT2D eigenvalue weighted by atomic mass is 35.5. The van der Waals surface area contributed by atoms with Gasteiger partial charge in [0.05, 0.1) is 16.3 Å². The molecule has 0 radical (unpaired) electrons. The van der Waals surface area contributed by atoms with E-state index < -0.39 is 6.86 Å². The molecular weight excluding hydrogens is 397 g/mol. The highest BCUT2D eigenvalue weighted by molar-refractivity contribution is 6.33. The quantitative estimate of drug-likeness (QED) is 0.246. The van der Waals surface area contributed by atoms with E-state index in [4.69, 9.17) is 21.5 Å². The Balaban J connectivity index is 2.28. The van der Waals surface area contributed by atoms with Gasteiger partial charge in [0.2, 0.25) is 6.86 Å². The molecule has 0 amide bonds. The largest absolute Gasteiger partial charge is 0.507 e. The number of hydrogen-bond acceptors (Lipinski definition) is 5. The van der Waals surface area contributed by atoms with Gasteiger partial charge in [0, 0.05) is 5.56 Å². The molecule has 0 saturated heterocycles. The summed E-state index contributed by atoms with van der Waals surface area (Å²) in [5.41, 5.74) is 2.33. The van der Waals surface area contributed by atoms with Gasteiger partial charge in [0.1, 0.15) is 11.5 Å². The van der Waals surface area contributed by atoms with Crippen molar-refractivity contribution >= 4 is 23.6 Å². The Hall–Kier alpha value is -2.34. The first-order valence-corrected chi connectivity index (χ1v) is 9.87. The number of hydrogen-bond donors (Lipinski definition) is 2. The van der Waals surface area contributed by atoms with Gasteiger partial charge in [-0.2, -0.15) is 0 Å². The lowest BCUT2D eigenvalue weighted by Crippen LogP contribution is -2.23. The van der Waals surface area contributed by atoms with Gasteiger partial charge >= 0.3 is 0 Å². The molecule has 0 heterocycles. The fraction of sp³-hybridized carbons (Fsp3) is 0.455. The van der Waals surface area contributed by atoms with E-state index >= 15 is 0 Å². The first kappa shape index (κ1) is 22.9. The number of ether oxygens (including phenoxy) is 1. The van der Waals surface area contributed by atoms with Crippen molar-refractivity contribution in [2.24, 2.45) is 10.6 Å². The number of phenolic OH excluding ortho intramolecular Hbond substituents is 1. The number of aldehydes is 1. The zero-order chi connectivity index (χ0) is 21.6. The minimum atomic E-state index is -1.10. The van der Waals surface area contributed by atoms with Crippen molar-refractivity contribution in [2.45, 2.75) is 52.9 Å². The molecule has 1 atom stereocenters. The Kier molecular flexibility index (Phi) is 7.85. The van der Waals surface area contributed by atoms with Crippen molar-refractivity contribution in [1.82, 2.24) is 0 Å². The highest BCUT2D eigenvalue weighted by Crippen LogP contribution is 2.41. The standard InChI is InChI=1S/C22H27ClFNO4/c1-14(8-10-22(3)9-4-5-16(11-22)25-28)6-7-17-20(27)18(12-26)15(2)19(23)21(17)29-13-24/h6,8,10,12,27-28H,4-5,7,9,11,13H2,1-3H3/b10-8+,14-6+,25-16+/t22-/m1/s1. The average Bonchev–Trinajstić information content (AvgIpc) is 2.70. The van der Waals surface area contributed by atoms with E-state index in [1.807, 2.05) is 19.1 Å². The van der Waals surface area contributed by atoms with Crippen LogP contribution in [0.25, 0.3) is 0 Å². The highest BCUT2D eigenvalue weighted by Gasteiger charge is 2.27. The molecule has 0 spiro atoms. The molecule has 0 bridgehead atoms. The Bertz CT molecular complexity index is 863. The first-order valence-electron chi connectivity index (χ1n) is 9.50. The van der Waals surface area contributed by atoms with Gasteiger partial charge in [-0.05, 0) is 56.9 Å². The molecule has 5 nitrogen and oxygen atoms in total. The first-order chi connectivity index (χ1) is 13.8. The lowest BCUT2D eigenvalue weighted by Gasteiger charge is -2.30. The summed E-state index contributed by atoms with van der Waals surface area (Å²) in [6.45, 7) is 4.50. The van der Waals surface area contributed by atoms with Crippen LogP contribution in [-0.2, 0) is 6.42 Å². The maximum Gasteiger partial charge on any atom is 0.228 e. The number of halogens is 2. The molecule has 0 unspecified atom stereocenters. The van der Waals surface area contributed by atoms with Crippen LogP contribution in [0.1, 0.15) is 61.0 Å². The second-order valence-electron chi connectivity index (χ2n) is 7.72. The second kappa shape index (κ2) is 9.92. The minimum absolute atomic E-state index is 0.0471. The Labute approximate surface area is 175 Å². The second-order valence-corrected chi connectivity index (χ2v) is 8.09. The number of rotatable bonds is 7. The van der Waals surface area contributed by atoms with Crippen LogP contribution in [0.3, 0.4) is 0 Å². The average molecular weight is 424 g/mol. The van der Waals surface area contributed by atoms with Gasteiger partial charge in [-0.15, -0.1) is 0 Å². The zero-order valence-electron chi connectivity index (χ0n) is 17.0. The Morgan fingerprint density at radius 2 is 2.17 bits per heavy atom. The van der Waals surface area contributed by atoms with Gasteiger partial charge < -0.3 is 15.1 Å². The monoisotopic (exact) mass is 423 g/mol. The molecule has 1 aromatic carbocycles. The topological polar surface area (TPSA) is 79.1 Å². The van der Waals surface area contributed by atoms with Crippen molar-refractivity contribution in [3.8, 4) is 11.5 Å². The van der Waals surface area contributed by atoms with E-state index in [-0.39, 0.29) is 39.5 Å². The molecule has 2 rings (SSSR count). The minimum Gasteiger partial charge on any atom is -0.507 e. The molecule has 1 saturated carbocycles. The maximum absolute atomic E-state index is 12.8. The van der Waals surface area contributed by atoms with E-state index in [1.165, 1.54) is 0 Å². The molecule has 29 heavy (non-hydrogen) atoms. The molecule has 2 N–H and O–H groups in total. The van der Waals surface area contributed by atoms with E-state index in [2.05, 4.69) is 18.2 Å². The number of alkyl halides is 1. The molecule has 1 aliphatic rings. The van der Waals surface area contributed by atoms with E-state index in [0.29, 0.717) is 18.3 Å². The summed E-state index contributed by atoms with van der Waals surface area (Å²) in [6, 6.07) is 0. The number of allylic oxidation sites excluding steroid dienone is 4. The van der Waals surface area contributed by atoms with Crippen LogP contribution in [0, 0.1) is 12.3 Å². The lowest BCUT2D eigenvalue weighted by atomic mass is 9.74. The molecule has 0 aromatic heterocycles. The third-order valence-corrected chi connectivity index (χ3v) is 5.86.